The van der Waals surface area contributed by atoms with E-state index in [0.717, 1.165) is 27.8 Å². The molecule has 1 aromatic heterocycles. The molecule has 2 aliphatic heterocycles. The number of carbonyl (C=O) groups excluding carboxylic acids is 1. The van der Waals surface area contributed by atoms with Crippen molar-refractivity contribution in [1.29, 1.82) is 5.26 Å². The van der Waals surface area contributed by atoms with Crippen LogP contribution in [-0.2, 0) is 33.3 Å². The summed E-state index contributed by atoms with van der Waals surface area (Å²) in [6.07, 6.45) is 2.58. The van der Waals surface area contributed by atoms with E-state index in [9.17, 15) is 13.2 Å². The van der Waals surface area contributed by atoms with Crippen LogP contribution in [0.4, 0.5) is 5.69 Å². The molecule has 9 heteroatoms. The molecular weight excluding hydrogens is 484 g/mol. The molecular formula is C26H25ClN4O3S. The van der Waals surface area contributed by atoms with Gasteiger partial charge in [0.2, 0.25) is 15.9 Å². The summed E-state index contributed by atoms with van der Waals surface area (Å²) in [4.78, 5) is 15.7. The highest BCUT2D eigenvalue weighted by atomic mass is 35.5. The molecule has 1 aliphatic carbocycles. The monoisotopic (exact) mass is 508 g/mol. The first kappa shape index (κ1) is 22.6. The summed E-state index contributed by atoms with van der Waals surface area (Å²) in [5.74, 6) is -0.0483. The number of nitriles is 1. The molecule has 6 rings (SSSR count). The Balaban J connectivity index is 1.35. The van der Waals surface area contributed by atoms with Gasteiger partial charge in [-0.05, 0) is 55.2 Å². The summed E-state index contributed by atoms with van der Waals surface area (Å²) in [6, 6.07) is 17.7. The molecule has 0 atom stereocenters. The predicted octanol–water partition coefficient (Wildman–Crippen LogP) is 4.19. The number of aryl methyl sites for hydroxylation is 1. The van der Waals surface area contributed by atoms with Crippen LogP contribution in [0.5, 0.6) is 0 Å². The molecule has 1 saturated carbocycles. The fourth-order valence-electron chi connectivity index (χ4n) is 5.54. The number of amides is 1. The van der Waals surface area contributed by atoms with E-state index < -0.39 is 15.4 Å². The third-order valence-electron chi connectivity index (χ3n) is 7.50. The molecule has 1 spiro atoms. The lowest BCUT2D eigenvalue weighted by Gasteiger charge is -2.45. The van der Waals surface area contributed by atoms with Crippen molar-refractivity contribution in [3.8, 4) is 6.07 Å². The van der Waals surface area contributed by atoms with E-state index in [1.165, 1.54) is 4.31 Å². The van der Waals surface area contributed by atoms with Gasteiger partial charge in [0.05, 0.1) is 17.9 Å². The number of hydrogen-bond acceptors (Lipinski definition) is 4. The van der Waals surface area contributed by atoms with E-state index in [1.54, 1.807) is 4.90 Å². The van der Waals surface area contributed by atoms with Gasteiger partial charge in [-0.15, -0.1) is 0 Å². The molecule has 1 amide bonds. The molecule has 35 heavy (non-hydrogen) atoms. The minimum absolute atomic E-state index is 0.0483. The minimum atomic E-state index is -3.32. The maximum absolute atomic E-state index is 13.9. The first-order valence-corrected chi connectivity index (χ1v) is 13.8. The van der Waals surface area contributed by atoms with Crippen molar-refractivity contribution in [2.75, 3.05) is 18.0 Å². The lowest BCUT2D eigenvalue weighted by atomic mass is 9.76. The number of anilines is 1. The lowest BCUT2D eigenvalue weighted by molar-refractivity contribution is -0.127. The number of halogens is 1. The average Bonchev–Trinajstić information content (AvgIpc) is 3.57. The largest absolute Gasteiger partial charge is 0.343 e. The van der Waals surface area contributed by atoms with Gasteiger partial charge in [0.1, 0.15) is 5.41 Å². The second-order valence-corrected chi connectivity index (χ2v) is 12.4. The maximum atomic E-state index is 13.9. The Morgan fingerprint density at radius 2 is 1.89 bits per heavy atom. The number of sulfonamides is 1. The Morgan fingerprint density at radius 1 is 1.11 bits per heavy atom. The van der Waals surface area contributed by atoms with Gasteiger partial charge in [-0.3, -0.25) is 4.79 Å². The Bertz CT molecular complexity index is 1500. The molecule has 0 N–H and O–H groups in total. The van der Waals surface area contributed by atoms with E-state index >= 15 is 0 Å². The van der Waals surface area contributed by atoms with Crippen LogP contribution >= 0.6 is 11.6 Å². The van der Waals surface area contributed by atoms with Crippen LogP contribution in [0.2, 0.25) is 5.02 Å². The molecule has 0 radical (unpaired) electrons. The zero-order chi connectivity index (χ0) is 24.4. The van der Waals surface area contributed by atoms with Gasteiger partial charge >= 0.3 is 0 Å². The molecule has 7 nitrogen and oxygen atoms in total. The Hall–Kier alpha value is -2.86. The quantitative estimate of drug-likeness (QED) is 0.448. The van der Waals surface area contributed by atoms with Crippen molar-refractivity contribution < 1.29 is 13.2 Å². The van der Waals surface area contributed by atoms with Crippen molar-refractivity contribution >= 4 is 44.1 Å². The molecule has 3 aromatic rings. The van der Waals surface area contributed by atoms with Crippen LogP contribution in [0.25, 0.3) is 10.9 Å². The Kier molecular flexibility index (Phi) is 5.22. The normalized spacial score (nSPS) is 19.2. The zero-order valence-corrected chi connectivity index (χ0v) is 20.7. The van der Waals surface area contributed by atoms with Crippen LogP contribution in [0.3, 0.4) is 0 Å². The number of rotatable bonds is 7. The van der Waals surface area contributed by atoms with Crippen LogP contribution in [0.1, 0.15) is 36.9 Å². The highest BCUT2D eigenvalue weighted by Gasteiger charge is 2.61. The smallest absolute Gasteiger partial charge is 0.240 e. The van der Waals surface area contributed by atoms with Crippen LogP contribution in [-0.4, -0.2) is 41.5 Å². The van der Waals surface area contributed by atoms with Gasteiger partial charge in [-0.1, -0.05) is 29.8 Å². The summed E-state index contributed by atoms with van der Waals surface area (Å²) in [5.41, 5.74) is 2.90. The number of unbranched alkanes of at least 4 members (excludes halogenated alkanes) is 1. The van der Waals surface area contributed by atoms with Crippen LogP contribution in [0.15, 0.2) is 48.5 Å². The Morgan fingerprint density at radius 3 is 2.63 bits per heavy atom. The maximum Gasteiger partial charge on any atom is 0.240 e. The van der Waals surface area contributed by atoms with Crippen LogP contribution in [0, 0.1) is 11.3 Å². The average molecular weight is 509 g/mol. The van der Waals surface area contributed by atoms with Gasteiger partial charge < -0.3 is 9.47 Å². The van der Waals surface area contributed by atoms with Crippen molar-refractivity contribution in [2.45, 2.75) is 49.4 Å². The Labute approximate surface area is 209 Å². The second-order valence-electron chi connectivity index (χ2n) is 9.76. The van der Waals surface area contributed by atoms with Crippen molar-refractivity contribution in [1.82, 2.24) is 8.87 Å². The number of fused-ring (bicyclic) bond motifs is 3. The van der Waals surface area contributed by atoms with Gasteiger partial charge in [0, 0.05) is 53.4 Å². The van der Waals surface area contributed by atoms with Crippen molar-refractivity contribution in [3.63, 3.8) is 0 Å². The van der Waals surface area contributed by atoms with E-state index in [1.807, 2.05) is 42.5 Å². The summed E-state index contributed by atoms with van der Waals surface area (Å²) in [7, 11) is -3.32. The van der Waals surface area contributed by atoms with Crippen molar-refractivity contribution in [3.05, 3.63) is 64.8 Å². The number of hydrogen-bond donors (Lipinski definition) is 0. The SMILES string of the molecule is N#CCCCn1c(CN2C(=O)C3(CN(S(=O)(=O)C4CC4)C3)c3ccccc32)cc2cc(Cl)ccc21. The van der Waals surface area contributed by atoms with Gasteiger partial charge in [0.15, 0.2) is 0 Å². The number of aromatic nitrogens is 1. The van der Waals surface area contributed by atoms with Crippen molar-refractivity contribution in [2.24, 2.45) is 0 Å². The van der Waals surface area contributed by atoms with Gasteiger partial charge in [0.25, 0.3) is 0 Å². The van der Waals surface area contributed by atoms with E-state index in [0.29, 0.717) is 43.8 Å². The van der Waals surface area contributed by atoms with E-state index in [-0.39, 0.29) is 24.2 Å². The summed E-state index contributed by atoms with van der Waals surface area (Å²) in [5, 5.41) is 10.4. The topological polar surface area (TPSA) is 86.4 Å². The van der Waals surface area contributed by atoms with Crippen LogP contribution < -0.4 is 4.90 Å². The van der Waals surface area contributed by atoms with E-state index in [2.05, 4.69) is 16.7 Å². The third-order valence-corrected chi connectivity index (χ3v) is 10.0. The number of carbonyl (C=O) groups is 1. The number of benzene rings is 2. The molecule has 3 heterocycles. The molecule has 3 aliphatic rings. The van der Waals surface area contributed by atoms with E-state index in [4.69, 9.17) is 16.9 Å². The first-order chi connectivity index (χ1) is 16.8. The molecule has 0 unspecified atom stereocenters. The zero-order valence-electron chi connectivity index (χ0n) is 19.2. The summed E-state index contributed by atoms with van der Waals surface area (Å²) >= 11 is 6.24. The third kappa shape index (κ3) is 3.48. The fraction of sp³-hybridized carbons (Fsp3) is 0.385. The van der Waals surface area contributed by atoms with Gasteiger partial charge in [-0.2, -0.15) is 9.57 Å². The molecule has 1 saturated heterocycles. The molecule has 180 valence electrons. The molecule has 2 fully saturated rings. The highest BCUT2D eigenvalue weighted by Crippen LogP contribution is 2.50. The number of para-hydroxylation sites is 1. The molecule has 2 aromatic carbocycles. The minimum Gasteiger partial charge on any atom is -0.343 e. The fourth-order valence-corrected chi connectivity index (χ4v) is 7.68. The standard InChI is InChI=1S/C26H25ClN4O3S/c27-19-7-10-23-18(13-19)14-20(30(23)12-4-3-11-28)15-31-24-6-2-1-5-22(24)26(25(31)32)16-29(17-26)35(33,34)21-8-9-21/h1-2,5-7,10,13-14,21H,3-4,8-9,12,15-17H2. The highest BCUT2D eigenvalue weighted by molar-refractivity contribution is 7.90. The first-order valence-electron chi connectivity index (χ1n) is 11.9. The summed E-state index contributed by atoms with van der Waals surface area (Å²) in [6.45, 7) is 1.44. The predicted molar refractivity (Wildman–Crippen MR) is 135 cm³/mol. The summed E-state index contributed by atoms with van der Waals surface area (Å²) < 4.78 is 29.2. The molecule has 0 bridgehead atoms. The van der Waals surface area contributed by atoms with Gasteiger partial charge in [-0.25, -0.2) is 8.42 Å². The number of nitrogens with zero attached hydrogens (tertiary/aromatic N) is 4. The second kappa shape index (κ2) is 8.09. The lowest BCUT2D eigenvalue weighted by Crippen LogP contribution is -2.65.